The van der Waals surface area contributed by atoms with Crippen LogP contribution in [0, 0.1) is 0 Å². The van der Waals surface area contributed by atoms with Gasteiger partial charge in [0.2, 0.25) is 33.7 Å². The van der Waals surface area contributed by atoms with Crippen LogP contribution in [0.25, 0.3) is 10.4 Å². The molecule has 4 aromatic rings. The summed E-state index contributed by atoms with van der Waals surface area (Å²) in [6.45, 7) is 2.18. The number of nitrogens with one attached hydrogen (secondary N) is 5. The van der Waals surface area contributed by atoms with Crippen LogP contribution in [-0.2, 0) is 46.3 Å². The number of piperidine rings is 2. The summed E-state index contributed by atoms with van der Waals surface area (Å²) in [7, 11) is -3.69. The highest BCUT2D eigenvalue weighted by molar-refractivity contribution is 7.88. The van der Waals surface area contributed by atoms with Gasteiger partial charge >= 0.3 is 11.9 Å². The Labute approximate surface area is 413 Å². The second kappa shape index (κ2) is 22.9. The number of carboxylic acid groups (broad SMARTS) is 2. The number of hydrogen-bond donors (Lipinski definition) is 7. The fourth-order valence-corrected chi connectivity index (χ4v) is 11.6. The molecule has 7 N–H and O–H groups in total. The zero-order valence-corrected chi connectivity index (χ0v) is 40.6. The summed E-state index contributed by atoms with van der Waals surface area (Å²) >= 11 is 7.35. The number of aromatic carboxylic acids is 1. The van der Waals surface area contributed by atoms with Crippen molar-refractivity contribution in [1.82, 2.24) is 19.8 Å². The average Bonchev–Trinajstić information content (AvgIpc) is 3.84. The summed E-state index contributed by atoms with van der Waals surface area (Å²) in [5.74, 6) is -4.57. The quantitative estimate of drug-likeness (QED) is 0.0357. The van der Waals surface area contributed by atoms with E-state index < -0.39 is 46.6 Å². The molecule has 7 rings (SSSR count). The van der Waals surface area contributed by atoms with Gasteiger partial charge in [0.15, 0.2) is 17.2 Å². The molecule has 22 heteroatoms. The van der Waals surface area contributed by atoms with Crippen LogP contribution in [0.1, 0.15) is 95.9 Å². The minimum absolute atomic E-state index is 0.00199. The number of imide groups is 1. The minimum Gasteiger partial charge on any atom is -0.479 e. The summed E-state index contributed by atoms with van der Waals surface area (Å²) in [5, 5.41) is 33.4. The zero-order valence-electron chi connectivity index (χ0n) is 38.3. The number of hydrogen-bond acceptors (Lipinski definition) is 13. The molecule has 2 saturated heterocycles. The molecule has 2 fully saturated rings. The predicted octanol–water partition coefficient (Wildman–Crippen LogP) is 5.90. The Morgan fingerprint density at radius 2 is 1.66 bits per heavy atom. The van der Waals surface area contributed by atoms with E-state index in [1.807, 2.05) is 6.07 Å². The number of unbranched alkanes of at least 4 members (excludes halogenated alkanes) is 3. The van der Waals surface area contributed by atoms with Crippen molar-refractivity contribution in [3.05, 3.63) is 93.3 Å². The Balaban J connectivity index is 0.790. The highest BCUT2D eigenvalue weighted by Crippen LogP contribution is 2.46. The van der Waals surface area contributed by atoms with Crippen molar-refractivity contribution < 1.29 is 56.9 Å². The van der Waals surface area contributed by atoms with Gasteiger partial charge in [0, 0.05) is 73.3 Å². The lowest BCUT2D eigenvalue weighted by Crippen LogP contribution is -2.52. The van der Waals surface area contributed by atoms with Crippen LogP contribution in [0.4, 0.5) is 17.1 Å². The van der Waals surface area contributed by atoms with Gasteiger partial charge in [-0.15, -0.1) is 11.3 Å². The van der Waals surface area contributed by atoms with Crippen LogP contribution >= 0.6 is 22.9 Å². The molecule has 4 heterocycles. The lowest BCUT2D eigenvalue weighted by Gasteiger charge is -2.32. The van der Waals surface area contributed by atoms with Gasteiger partial charge in [-0.1, -0.05) is 54.8 Å². The van der Waals surface area contributed by atoms with Crippen LogP contribution in [0.5, 0.6) is 5.75 Å². The number of anilines is 3. The number of amides is 5. The molecule has 0 aliphatic carbocycles. The second-order valence-electron chi connectivity index (χ2n) is 17.3. The summed E-state index contributed by atoms with van der Waals surface area (Å²) < 4.78 is 33.7. The number of thiophene rings is 1. The van der Waals surface area contributed by atoms with E-state index in [4.69, 9.17) is 21.4 Å². The fraction of sp³-hybridized carbons (Fsp3) is 0.396. The van der Waals surface area contributed by atoms with E-state index in [0.717, 1.165) is 24.2 Å². The first kappa shape index (κ1) is 51.3. The first-order valence-corrected chi connectivity index (χ1v) is 25.7. The first-order valence-electron chi connectivity index (χ1n) is 22.9. The maximum Gasteiger partial charge on any atom is 0.349 e. The number of fused-ring (bicyclic) bond motifs is 1. The number of carboxylic acids is 2. The molecule has 3 aromatic carbocycles. The third-order valence-electron chi connectivity index (χ3n) is 12.2. The number of sulfonamides is 1. The number of halogens is 1. The standard InChI is InChI=1S/C48H54ClN7O12S2/c1-28(51-36-14-8-13-34-35(36)25-56(47(34)63)37-16-17-39(58)54-46(37)62)45(61)50-20-5-3-2-4-15-38(57)53-32-11-6-9-29(23-32)27-70(66,67)55-21-18-31(19-22-55)52-33-12-7-10-30(24-33)43-41(49)42(68-26-40(59)60)44(69-43)48(64)65/h6-14,23-24,28,31,37,51-52H,2-5,15-22,25-27H2,1H3,(H,50,61)(H,53,57)(H,59,60)(H,64,65)(H,54,58,62). The first-order chi connectivity index (χ1) is 33.5. The van der Waals surface area contributed by atoms with Crippen LogP contribution in [-0.4, -0.2) is 114 Å². The number of benzene rings is 3. The molecule has 0 bridgehead atoms. The topological polar surface area (TPSA) is 270 Å². The van der Waals surface area contributed by atoms with Gasteiger partial charge in [-0.25, -0.2) is 22.3 Å². The van der Waals surface area contributed by atoms with Gasteiger partial charge in [0.25, 0.3) is 5.91 Å². The average molecular weight is 1020 g/mol. The maximum absolute atomic E-state index is 13.5. The highest BCUT2D eigenvalue weighted by atomic mass is 35.5. The van der Waals surface area contributed by atoms with E-state index in [1.54, 1.807) is 67.6 Å². The molecule has 3 aliphatic rings. The molecule has 0 radical (unpaired) electrons. The van der Waals surface area contributed by atoms with Crippen molar-refractivity contribution >= 4 is 91.5 Å². The summed E-state index contributed by atoms with van der Waals surface area (Å²) in [6, 6.07) is 17.7. The SMILES string of the molecule is CC(Nc1cccc2c1CN(C1CCC(=O)NC1=O)C2=O)C(=O)NCCCCCCC(=O)Nc1cccc(CS(=O)(=O)N2CCC(Nc3cccc(-c4sc(C(=O)O)c(OCC(=O)O)c4Cl)c3)CC2)c1. The zero-order chi connectivity index (χ0) is 50.1. The number of nitrogens with zero attached hydrogens (tertiary/aromatic N) is 2. The van der Waals surface area contributed by atoms with E-state index in [1.165, 1.54) is 9.21 Å². The predicted molar refractivity (Wildman–Crippen MR) is 262 cm³/mol. The van der Waals surface area contributed by atoms with Crippen LogP contribution in [0.2, 0.25) is 5.02 Å². The van der Waals surface area contributed by atoms with Crippen LogP contribution < -0.4 is 31.3 Å². The molecule has 19 nitrogen and oxygen atoms in total. The molecular formula is C48H54ClN7O12S2. The molecule has 5 amide bonds. The van der Waals surface area contributed by atoms with Gasteiger partial charge in [0.1, 0.15) is 17.1 Å². The Kier molecular flexibility index (Phi) is 16.8. The smallest absolute Gasteiger partial charge is 0.349 e. The summed E-state index contributed by atoms with van der Waals surface area (Å²) in [6.07, 6.45) is 4.61. The van der Waals surface area contributed by atoms with Gasteiger partial charge in [-0.05, 0) is 86.6 Å². The lowest BCUT2D eigenvalue weighted by atomic mass is 10.0. The van der Waals surface area contributed by atoms with E-state index >= 15 is 0 Å². The van der Waals surface area contributed by atoms with Crippen molar-refractivity contribution in [3.63, 3.8) is 0 Å². The largest absolute Gasteiger partial charge is 0.479 e. The van der Waals surface area contributed by atoms with Crippen molar-refractivity contribution in [1.29, 1.82) is 0 Å². The van der Waals surface area contributed by atoms with Crippen LogP contribution in [0.15, 0.2) is 66.7 Å². The van der Waals surface area contributed by atoms with E-state index in [-0.39, 0.29) is 90.0 Å². The Bertz CT molecular complexity index is 2780. The van der Waals surface area contributed by atoms with Crippen molar-refractivity contribution in [2.45, 2.75) is 95.1 Å². The molecule has 70 heavy (non-hydrogen) atoms. The summed E-state index contributed by atoms with van der Waals surface area (Å²) in [5.41, 5.74) is 4.11. The molecule has 2 unspecified atom stereocenters. The number of ether oxygens (including phenoxy) is 1. The number of aliphatic carboxylic acids is 1. The molecule has 2 atom stereocenters. The molecule has 0 spiro atoms. The Hall–Kier alpha value is -6.55. The normalized spacial score (nSPS) is 16.8. The molecule has 372 valence electrons. The van der Waals surface area contributed by atoms with Crippen molar-refractivity contribution in [3.8, 4) is 16.2 Å². The minimum atomic E-state index is -3.69. The van der Waals surface area contributed by atoms with E-state index in [0.29, 0.717) is 76.4 Å². The fourth-order valence-electron chi connectivity index (χ4n) is 8.66. The summed E-state index contributed by atoms with van der Waals surface area (Å²) in [4.78, 5) is 87.5. The third-order valence-corrected chi connectivity index (χ3v) is 15.8. The van der Waals surface area contributed by atoms with Gasteiger partial charge in [0.05, 0.1) is 10.6 Å². The number of carbonyl (C=O) groups excluding carboxylic acids is 5. The highest BCUT2D eigenvalue weighted by Gasteiger charge is 2.40. The Morgan fingerprint density at radius 3 is 2.40 bits per heavy atom. The molecular weight excluding hydrogens is 966 g/mol. The maximum atomic E-state index is 13.5. The molecule has 3 aliphatic heterocycles. The van der Waals surface area contributed by atoms with Crippen molar-refractivity contribution in [2.75, 3.05) is 42.2 Å². The Morgan fingerprint density at radius 1 is 0.929 bits per heavy atom. The van der Waals surface area contributed by atoms with Gasteiger partial charge in [-0.3, -0.25) is 29.3 Å². The van der Waals surface area contributed by atoms with E-state index in [9.17, 15) is 47.1 Å². The lowest BCUT2D eigenvalue weighted by molar-refractivity contribution is -0.139. The van der Waals surface area contributed by atoms with E-state index in [2.05, 4.69) is 26.6 Å². The third kappa shape index (κ3) is 12.8. The monoisotopic (exact) mass is 1020 g/mol. The van der Waals surface area contributed by atoms with Gasteiger partial charge in [-0.2, -0.15) is 0 Å². The second-order valence-corrected chi connectivity index (χ2v) is 20.7. The van der Waals surface area contributed by atoms with Gasteiger partial charge < -0.3 is 41.1 Å². The molecule has 0 saturated carbocycles. The number of rotatable bonds is 22. The molecule has 1 aromatic heterocycles. The van der Waals surface area contributed by atoms with Crippen LogP contribution in [0.3, 0.4) is 0 Å². The van der Waals surface area contributed by atoms with Crippen molar-refractivity contribution in [2.24, 2.45) is 0 Å². The number of carbonyl (C=O) groups is 7.